The third-order valence-electron chi connectivity index (χ3n) is 2.01. The van der Waals surface area contributed by atoms with Crippen LogP contribution in [0.2, 0.25) is 0 Å². The molecular weight excluding hydrogens is 122 g/mol. The number of rotatable bonds is 3. The van der Waals surface area contributed by atoms with Crippen molar-refractivity contribution in [3.63, 3.8) is 0 Å². The molecule has 0 spiro atoms. The Hall–Kier alpha value is -0.720. The van der Waals surface area contributed by atoms with E-state index in [4.69, 9.17) is 5.73 Å². The highest BCUT2D eigenvalue weighted by Crippen LogP contribution is 2.42. The van der Waals surface area contributed by atoms with Gasteiger partial charge in [0.15, 0.2) is 0 Å². The third-order valence-corrected chi connectivity index (χ3v) is 2.01. The van der Waals surface area contributed by atoms with Crippen LogP contribution in [0.25, 0.3) is 0 Å². The standard InChI is InChI=1S/C9H15N/c1-3-5-9(10)8-6-7(8)4-2/h4-5,7-8H,2-3,6,10H2,1H3/b9-5+/t7-,8?/m1/s1. The van der Waals surface area contributed by atoms with Gasteiger partial charge in [-0.25, -0.2) is 0 Å². The molecule has 0 aliphatic heterocycles. The van der Waals surface area contributed by atoms with Crippen molar-refractivity contribution < 1.29 is 0 Å². The molecule has 0 bridgehead atoms. The summed E-state index contributed by atoms with van der Waals surface area (Å²) in [5, 5.41) is 0. The molecule has 0 aromatic heterocycles. The maximum atomic E-state index is 5.77. The Morgan fingerprint density at radius 1 is 1.80 bits per heavy atom. The first kappa shape index (κ1) is 7.39. The van der Waals surface area contributed by atoms with Gasteiger partial charge in [-0.1, -0.05) is 19.1 Å². The molecule has 2 N–H and O–H groups in total. The Labute approximate surface area is 62.6 Å². The highest BCUT2D eigenvalue weighted by atomic mass is 14.6. The largest absolute Gasteiger partial charge is 0.402 e. The molecule has 1 unspecified atom stereocenters. The van der Waals surface area contributed by atoms with Gasteiger partial charge in [-0.15, -0.1) is 6.58 Å². The molecule has 0 saturated heterocycles. The molecule has 1 aliphatic carbocycles. The molecule has 0 amide bonds. The van der Waals surface area contributed by atoms with Crippen molar-refractivity contribution in [3.8, 4) is 0 Å². The SMILES string of the molecule is C=C[C@@H]1CC1/C(N)=C\CC. The molecule has 0 aromatic rings. The van der Waals surface area contributed by atoms with Crippen molar-refractivity contribution in [3.05, 3.63) is 24.4 Å². The molecule has 1 heteroatoms. The van der Waals surface area contributed by atoms with Crippen molar-refractivity contribution >= 4 is 0 Å². The van der Waals surface area contributed by atoms with Crippen LogP contribution in [0.15, 0.2) is 24.4 Å². The summed E-state index contributed by atoms with van der Waals surface area (Å²) in [5.74, 6) is 1.29. The van der Waals surface area contributed by atoms with Crippen molar-refractivity contribution in [2.24, 2.45) is 17.6 Å². The summed E-state index contributed by atoms with van der Waals surface area (Å²) in [6.07, 6.45) is 6.37. The Morgan fingerprint density at radius 2 is 2.50 bits per heavy atom. The normalized spacial score (nSPS) is 31.9. The first-order valence-corrected chi connectivity index (χ1v) is 3.87. The predicted octanol–water partition coefficient (Wildman–Crippen LogP) is 2.06. The Kier molecular flexibility index (Phi) is 2.15. The zero-order valence-corrected chi connectivity index (χ0v) is 6.51. The lowest BCUT2D eigenvalue weighted by molar-refractivity contribution is 0.895. The van der Waals surface area contributed by atoms with E-state index in [1.807, 2.05) is 6.08 Å². The van der Waals surface area contributed by atoms with E-state index in [1.165, 1.54) is 6.42 Å². The van der Waals surface area contributed by atoms with Crippen molar-refractivity contribution in [1.29, 1.82) is 0 Å². The van der Waals surface area contributed by atoms with Gasteiger partial charge in [-0.05, 0) is 18.8 Å². The van der Waals surface area contributed by atoms with E-state index >= 15 is 0 Å². The predicted molar refractivity (Wildman–Crippen MR) is 44.4 cm³/mol. The molecule has 1 aliphatic rings. The average molecular weight is 137 g/mol. The molecule has 1 rings (SSSR count). The minimum atomic E-state index is 0.623. The number of nitrogens with two attached hydrogens (primary N) is 1. The Bertz CT molecular complexity index is 158. The fourth-order valence-corrected chi connectivity index (χ4v) is 1.25. The lowest BCUT2D eigenvalue weighted by Crippen LogP contribution is -1.99. The monoisotopic (exact) mass is 137 g/mol. The van der Waals surface area contributed by atoms with Gasteiger partial charge in [0.2, 0.25) is 0 Å². The molecule has 0 radical (unpaired) electrons. The van der Waals surface area contributed by atoms with Crippen LogP contribution in [0.1, 0.15) is 19.8 Å². The maximum absolute atomic E-state index is 5.77. The molecule has 1 nitrogen and oxygen atoms in total. The van der Waals surface area contributed by atoms with E-state index in [9.17, 15) is 0 Å². The summed E-state index contributed by atoms with van der Waals surface area (Å²) in [7, 11) is 0. The fraction of sp³-hybridized carbons (Fsp3) is 0.556. The van der Waals surface area contributed by atoms with Gasteiger partial charge in [0.25, 0.3) is 0 Å². The first-order valence-electron chi connectivity index (χ1n) is 3.87. The lowest BCUT2D eigenvalue weighted by atomic mass is 10.2. The third kappa shape index (κ3) is 1.41. The van der Waals surface area contributed by atoms with E-state index in [0.29, 0.717) is 11.8 Å². The van der Waals surface area contributed by atoms with Crippen LogP contribution in [-0.2, 0) is 0 Å². The summed E-state index contributed by atoms with van der Waals surface area (Å²) in [5.41, 5.74) is 6.83. The highest BCUT2D eigenvalue weighted by molar-refractivity contribution is 5.15. The Morgan fingerprint density at radius 3 is 2.90 bits per heavy atom. The van der Waals surface area contributed by atoms with Crippen molar-refractivity contribution in [2.45, 2.75) is 19.8 Å². The van der Waals surface area contributed by atoms with Crippen LogP contribution in [0.4, 0.5) is 0 Å². The molecule has 1 saturated carbocycles. The molecular formula is C9H15N. The van der Waals surface area contributed by atoms with E-state index in [0.717, 1.165) is 12.1 Å². The number of hydrogen-bond donors (Lipinski definition) is 1. The van der Waals surface area contributed by atoms with Gasteiger partial charge in [0.1, 0.15) is 0 Å². The van der Waals surface area contributed by atoms with Crippen LogP contribution in [0, 0.1) is 11.8 Å². The topological polar surface area (TPSA) is 26.0 Å². The first-order chi connectivity index (χ1) is 4.79. The summed E-state index contributed by atoms with van der Waals surface area (Å²) >= 11 is 0. The van der Waals surface area contributed by atoms with Crippen molar-refractivity contribution in [1.82, 2.24) is 0 Å². The number of allylic oxidation sites excluding steroid dienone is 3. The zero-order valence-electron chi connectivity index (χ0n) is 6.51. The van der Waals surface area contributed by atoms with Gasteiger partial charge in [-0.3, -0.25) is 0 Å². The molecule has 0 aromatic carbocycles. The molecule has 1 fully saturated rings. The van der Waals surface area contributed by atoms with Crippen LogP contribution in [0.3, 0.4) is 0 Å². The van der Waals surface area contributed by atoms with Crippen LogP contribution in [-0.4, -0.2) is 0 Å². The van der Waals surface area contributed by atoms with Gasteiger partial charge in [-0.2, -0.15) is 0 Å². The van der Waals surface area contributed by atoms with Crippen molar-refractivity contribution in [2.75, 3.05) is 0 Å². The van der Waals surface area contributed by atoms with E-state index in [1.54, 1.807) is 0 Å². The van der Waals surface area contributed by atoms with Gasteiger partial charge in [0, 0.05) is 11.6 Å². The Balaban J connectivity index is 2.38. The van der Waals surface area contributed by atoms with E-state index in [2.05, 4.69) is 19.6 Å². The second-order valence-electron chi connectivity index (χ2n) is 2.85. The van der Waals surface area contributed by atoms with Crippen LogP contribution in [0.5, 0.6) is 0 Å². The summed E-state index contributed by atoms with van der Waals surface area (Å²) in [4.78, 5) is 0. The second-order valence-corrected chi connectivity index (χ2v) is 2.85. The minimum absolute atomic E-state index is 0.623. The van der Waals surface area contributed by atoms with E-state index < -0.39 is 0 Å². The molecule has 0 heterocycles. The van der Waals surface area contributed by atoms with Gasteiger partial charge in [0.05, 0.1) is 0 Å². The summed E-state index contributed by atoms with van der Waals surface area (Å²) < 4.78 is 0. The quantitative estimate of drug-likeness (QED) is 0.592. The highest BCUT2D eigenvalue weighted by Gasteiger charge is 2.35. The van der Waals surface area contributed by atoms with E-state index in [-0.39, 0.29) is 0 Å². The van der Waals surface area contributed by atoms with Crippen LogP contribution >= 0.6 is 0 Å². The molecule has 10 heavy (non-hydrogen) atoms. The molecule has 56 valence electrons. The summed E-state index contributed by atoms with van der Waals surface area (Å²) in [6, 6.07) is 0. The van der Waals surface area contributed by atoms with Gasteiger partial charge >= 0.3 is 0 Å². The smallest absolute Gasteiger partial charge is 0.00775 e. The summed E-state index contributed by atoms with van der Waals surface area (Å²) in [6.45, 7) is 5.84. The zero-order chi connectivity index (χ0) is 7.56. The average Bonchev–Trinajstić information content (AvgIpc) is 2.66. The lowest BCUT2D eigenvalue weighted by Gasteiger charge is -1.95. The number of hydrogen-bond acceptors (Lipinski definition) is 1. The van der Waals surface area contributed by atoms with Crippen LogP contribution < -0.4 is 5.73 Å². The van der Waals surface area contributed by atoms with Gasteiger partial charge < -0.3 is 5.73 Å². The molecule has 2 atom stereocenters. The fourth-order valence-electron chi connectivity index (χ4n) is 1.25. The second kappa shape index (κ2) is 2.91. The minimum Gasteiger partial charge on any atom is -0.402 e. The maximum Gasteiger partial charge on any atom is 0.00775 e.